The van der Waals surface area contributed by atoms with Gasteiger partial charge >= 0.3 is 5.97 Å². The minimum atomic E-state index is -1.14. The standard InChI is InChI=1S/C14H15N3O4/c1-8-4-5-17-11(6-8)15-7-10(13(17)19)12(18)16(3)9(2)14(20)21/h4-7,9H,1-3H3,(H,20,21). The number of pyridine rings is 1. The molecule has 0 aromatic carbocycles. The summed E-state index contributed by atoms with van der Waals surface area (Å²) in [6.07, 6.45) is 2.72. The number of carboxylic acid groups (broad SMARTS) is 1. The maximum absolute atomic E-state index is 12.3. The Morgan fingerprint density at radius 3 is 2.71 bits per heavy atom. The van der Waals surface area contributed by atoms with Crippen LogP contribution in [0.15, 0.2) is 29.3 Å². The van der Waals surface area contributed by atoms with E-state index in [0.717, 1.165) is 10.5 Å². The van der Waals surface area contributed by atoms with Crippen LogP contribution < -0.4 is 5.56 Å². The fourth-order valence-electron chi connectivity index (χ4n) is 1.85. The van der Waals surface area contributed by atoms with Gasteiger partial charge in [-0.15, -0.1) is 0 Å². The van der Waals surface area contributed by atoms with Gasteiger partial charge in [-0.2, -0.15) is 0 Å². The molecule has 2 aromatic heterocycles. The van der Waals surface area contributed by atoms with Crippen LogP contribution in [0.5, 0.6) is 0 Å². The molecule has 2 rings (SSSR count). The Hall–Kier alpha value is -2.70. The van der Waals surface area contributed by atoms with Crippen LogP contribution in [-0.2, 0) is 4.79 Å². The van der Waals surface area contributed by atoms with Gasteiger partial charge in [0.25, 0.3) is 11.5 Å². The number of amides is 1. The highest BCUT2D eigenvalue weighted by atomic mass is 16.4. The van der Waals surface area contributed by atoms with Gasteiger partial charge in [-0.25, -0.2) is 9.78 Å². The lowest BCUT2D eigenvalue weighted by atomic mass is 10.2. The number of carbonyl (C=O) groups excluding carboxylic acids is 1. The Bertz CT molecular complexity index is 781. The Morgan fingerprint density at radius 1 is 1.43 bits per heavy atom. The van der Waals surface area contributed by atoms with Gasteiger partial charge in [-0.1, -0.05) is 0 Å². The number of rotatable bonds is 3. The summed E-state index contributed by atoms with van der Waals surface area (Å²) < 4.78 is 1.26. The summed E-state index contributed by atoms with van der Waals surface area (Å²) in [7, 11) is 1.34. The summed E-state index contributed by atoms with van der Waals surface area (Å²) in [5, 5.41) is 8.93. The van der Waals surface area contributed by atoms with E-state index in [1.165, 1.54) is 30.8 Å². The first-order valence-corrected chi connectivity index (χ1v) is 6.31. The lowest BCUT2D eigenvalue weighted by molar-refractivity contribution is -0.141. The minimum Gasteiger partial charge on any atom is -0.480 e. The van der Waals surface area contributed by atoms with Gasteiger partial charge in [0, 0.05) is 19.4 Å². The normalized spacial score (nSPS) is 12.1. The second kappa shape index (κ2) is 5.35. The van der Waals surface area contributed by atoms with Crippen LogP contribution in [0.25, 0.3) is 5.65 Å². The Balaban J connectivity index is 2.50. The van der Waals surface area contributed by atoms with E-state index < -0.39 is 23.5 Å². The fourth-order valence-corrected chi connectivity index (χ4v) is 1.85. The molecule has 0 aliphatic rings. The van der Waals surface area contributed by atoms with E-state index in [4.69, 9.17) is 5.11 Å². The smallest absolute Gasteiger partial charge is 0.326 e. The molecular formula is C14H15N3O4. The second-order valence-corrected chi connectivity index (χ2v) is 4.84. The predicted octanol–water partition coefficient (Wildman–Crippen LogP) is 0.548. The van der Waals surface area contributed by atoms with E-state index in [9.17, 15) is 14.4 Å². The number of aliphatic carboxylic acids is 1. The number of carboxylic acids is 1. The van der Waals surface area contributed by atoms with Gasteiger partial charge in [-0.3, -0.25) is 14.0 Å². The maximum atomic E-state index is 12.3. The molecule has 0 radical (unpaired) electrons. The molecular weight excluding hydrogens is 274 g/mol. The summed E-state index contributed by atoms with van der Waals surface area (Å²) in [4.78, 5) is 40.5. The van der Waals surface area contributed by atoms with E-state index in [1.807, 2.05) is 6.92 Å². The van der Waals surface area contributed by atoms with Crippen LogP contribution in [0.4, 0.5) is 0 Å². The molecule has 7 nitrogen and oxygen atoms in total. The zero-order valence-electron chi connectivity index (χ0n) is 11.9. The largest absolute Gasteiger partial charge is 0.480 e. The van der Waals surface area contributed by atoms with Gasteiger partial charge < -0.3 is 10.0 Å². The van der Waals surface area contributed by atoms with Crippen LogP contribution >= 0.6 is 0 Å². The SMILES string of the molecule is Cc1ccn2c(=O)c(C(=O)N(C)C(C)C(=O)O)cnc2c1. The average molecular weight is 289 g/mol. The predicted molar refractivity (Wildman–Crippen MR) is 75.4 cm³/mol. The summed E-state index contributed by atoms with van der Waals surface area (Å²) in [6.45, 7) is 3.24. The number of likely N-dealkylation sites (N-methyl/N-ethyl adjacent to an activating group) is 1. The van der Waals surface area contributed by atoms with Crippen molar-refractivity contribution in [2.45, 2.75) is 19.9 Å². The molecule has 0 aliphatic heterocycles. The number of carbonyl (C=O) groups is 2. The number of aryl methyl sites for hydroxylation is 1. The molecule has 1 atom stereocenters. The van der Waals surface area contributed by atoms with E-state index in [1.54, 1.807) is 12.1 Å². The average Bonchev–Trinajstić information content (AvgIpc) is 2.45. The molecule has 2 heterocycles. The van der Waals surface area contributed by atoms with E-state index in [2.05, 4.69) is 4.98 Å². The lowest BCUT2D eigenvalue weighted by Crippen LogP contribution is -2.42. The van der Waals surface area contributed by atoms with Crippen molar-refractivity contribution in [3.63, 3.8) is 0 Å². The van der Waals surface area contributed by atoms with E-state index in [0.29, 0.717) is 5.65 Å². The summed E-state index contributed by atoms with van der Waals surface area (Å²) in [6, 6.07) is 2.42. The van der Waals surface area contributed by atoms with Gasteiger partial charge in [-0.05, 0) is 31.5 Å². The Morgan fingerprint density at radius 2 is 2.10 bits per heavy atom. The fraction of sp³-hybridized carbons (Fsp3) is 0.286. The first-order valence-electron chi connectivity index (χ1n) is 6.31. The van der Waals surface area contributed by atoms with Crippen LogP contribution in [0.1, 0.15) is 22.8 Å². The molecule has 21 heavy (non-hydrogen) atoms. The van der Waals surface area contributed by atoms with Crippen molar-refractivity contribution < 1.29 is 14.7 Å². The highest BCUT2D eigenvalue weighted by Crippen LogP contribution is 2.06. The van der Waals surface area contributed by atoms with Crippen LogP contribution in [0.3, 0.4) is 0 Å². The van der Waals surface area contributed by atoms with Crippen molar-refractivity contribution in [2.24, 2.45) is 0 Å². The first kappa shape index (κ1) is 14.7. The van der Waals surface area contributed by atoms with Crippen molar-refractivity contribution in [3.05, 3.63) is 46.0 Å². The monoisotopic (exact) mass is 289 g/mol. The zero-order valence-corrected chi connectivity index (χ0v) is 11.9. The highest BCUT2D eigenvalue weighted by Gasteiger charge is 2.25. The van der Waals surface area contributed by atoms with Crippen LogP contribution in [0.2, 0.25) is 0 Å². The maximum Gasteiger partial charge on any atom is 0.326 e. The quantitative estimate of drug-likeness (QED) is 0.890. The molecule has 110 valence electrons. The van der Waals surface area contributed by atoms with Gasteiger partial charge in [0.15, 0.2) is 0 Å². The number of hydrogen-bond acceptors (Lipinski definition) is 4. The van der Waals surface area contributed by atoms with Crippen LogP contribution in [-0.4, -0.2) is 44.4 Å². The minimum absolute atomic E-state index is 0.160. The van der Waals surface area contributed by atoms with Crippen molar-refractivity contribution in [3.8, 4) is 0 Å². The second-order valence-electron chi connectivity index (χ2n) is 4.84. The summed E-state index contributed by atoms with van der Waals surface area (Å²) in [5.74, 6) is -1.81. The molecule has 0 spiro atoms. The van der Waals surface area contributed by atoms with Gasteiger partial charge in [0.05, 0.1) is 0 Å². The molecule has 2 aromatic rings. The molecule has 1 N–H and O–H groups in total. The Labute approximate surface area is 120 Å². The van der Waals surface area contributed by atoms with E-state index in [-0.39, 0.29) is 5.56 Å². The molecule has 1 amide bonds. The first-order chi connectivity index (χ1) is 9.82. The molecule has 1 unspecified atom stereocenters. The highest BCUT2D eigenvalue weighted by molar-refractivity contribution is 5.96. The van der Waals surface area contributed by atoms with Gasteiger partial charge in [0.1, 0.15) is 17.3 Å². The van der Waals surface area contributed by atoms with E-state index >= 15 is 0 Å². The van der Waals surface area contributed by atoms with Crippen molar-refractivity contribution in [1.82, 2.24) is 14.3 Å². The number of hydrogen-bond donors (Lipinski definition) is 1. The van der Waals surface area contributed by atoms with Crippen molar-refractivity contribution >= 4 is 17.5 Å². The third-order valence-electron chi connectivity index (χ3n) is 3.35. The molecule has 0 saturated heterocycles. The van der Waals surface area contributed by atoms with Crippen LogP contribution in [0, 0.1) is 6.92 Å². The third kappa shape index (κ3) is 2.62. The molecule has 0 fully saturated rings. The molecule has 0 saturated carbocycles. The number of nitrogens with zero attached hydrogens (tertiary/aromatic N) is 3. The summed E-state index contributed by atoms with van der Waals surface area (Å²) >= 11 is 0. The van der Waals surface area contributed by atoms with Gasteiger partial charge in [0.2, 0.25) is 0 Å². The zero-order chi connectivity index (χ0) is 15.7. The molecule has 0 bridgehead atoms. The Kier molecular flexibility index (Phi) is 3.75. The number of fused-ring (bicyclic) bond motifs is 1. The number of aromatic nitrogens is 2. The lowest BCUT2D eigenvalue weighted by Gasteiger charge is -2.21. The molecule has 7 heteroatoms. The van der Waals surface area contributed by atoms with Crippen molar-refractivity contribution in [1.29, 1.82) is 0 Å². The topological polar surface area (TPSA) is 92.0 Å². The third-order valence-corrected chi connectivity index (χ3v) is 3.35. The summed E-state index contributed by atoms with van der Waals surface area (Å²) in [5.41, 5.74) is 0.699. The molecule has 0 aliphatic carbocycles. The van der Waals surface area contributed by atoms with Crippen molar-refractivity contribution in [2.75, 3.05) is 7.05 Å².